The Morgan fingerprint density at radius 2 is 1.89 bits per heavy atom. The van der Waals surface area contributed by atoms with Crippen molar-refractivity contribution in [2.75, 3.05) is 7.11 Å². The van der Waals surface area contributed by atoms with Gasteiger partial charge in [0.15, 0.2) is 0 Å². The number of alkyl halides is 3. The minimum absolute atomic E-state index is 0.0956. The summed E-state index contributed by atoms with van der Waals surface area (Å²) in [6.45, 7) is 1.50. The summed E-state index contributed by atoms with van der Waals surface area (Å²) < 4.78 is 43.6. The van der Waals surface area contributed by atoms with E-state index in [1.807, 2.05) is 0 Å². The number of carbonyl (C=O) groups excluding carboxylic acids is 2. The fourth-order valence-electron chi connectivity index (χ4n) is 3.16. The third-order valence-electron chi connectivity index (χ3n) is 4.78. The van der Waals surface area contributed by atoms with Crippen LogP contribution in [-0.2, 0) is 9.59 Å². The van der Waals surface area contributed by atoms with Gasteiger partial charge in [-0.05, 0) is 50.0 Å². The number of benzene rings is 1. The summed E-state index contributed by atoms with van der Waals surface area (Å²) in [5.74, 6) is -1.64. The van der Waals surface area contributed by atoms with Crippen molar-refractivity contribution in [1.29, 1.82) is 0 Å². The second-order valence-corrected chi connectivity index (χ2v) is 6.95. The summed E-state index contributed by atoms with van der Waals surface area (Å²) in [4.78, 5) is 24.2. The van der Waals surface area contributed by atoms with E-state index in [-0.39, 0.29) is 12.8 Å². The highest BCUT2D eigenvalue weighted by Crippen LogP contribution is 2.37. The van der Waals surface area contributed by atoms with E-state index >= 15 is 0 Å². The molecule has 1 aromatic rings. The highest BCUT2D eigenvalue weighted by Gasteiger charge is 2.42. The zero-order valence-electron chi connectivity index (χ0n) is 15.9. The molecule has 0 radical (unpaired) electrons. The first-order chi connectivity index (χ1) is 13.2. The van der Waals surface area contributed by atoms with E-state index in [1.54, 1.807) is 37.5 Å². The van der Waals surface area contributed by atoms with Crippen LogP contribution in [-0.4, -0.2) is 37.2 Å². The molecule has 0 aliphatic heterocycles. The quantitative estimate of drug-likeness (QED) is 0.722. The Bertz CT molecular complexity index is 702. The van der Waals surface area contributed by atoms with E-state index in [0.29, 0.717) is 18.6 Å². The molecule has 1 fully saturated rings. The van der Waals surface area contributed by atoms with Gasteiger partial charge in [0.05, 0.1) is 13.0 Å². The van der Waals surface area contributed by atoms with Gasteiger partial charge < -0.3 is 15.4 Å². The lowest BCUT2D eigenvalue weighted by molar-refractivity contribution is -0.184. The lowest BCUT2D eigenvalue weighted by Crippen LogP contribution is -2.49. The van der Waals surface area contributed by atoms with Crippen molar-refractivity contribution >= 4 is 17.9 Å². The van der Waals surface area contributed by atoms with E-state index in [4.69, 9.17) is 4.74 Å². The van der Waals surface area contributed by atoms with Crippen molar-refractivity contribution in [2.45, 2.75) is 50.9 Å². The molecule has 2 amide bonds. The van der Waals surface area contributed by atoms with Gasteiger partial charge in [0, 0.05) is 12.1 Å². The van der Waals surface area contributed by atoms with Crippen LogP contribution in [0.15, 0.2) is 30.3 Å². The number of rotatable bonds is 6. The zero-order chi connectivity index (χ0) is 20.7. The monoisotopic (exact) mass is 398 g/mol. The maximum atomic E-state index is 12.9. The van der Waals surface area contributed by atoms with Crippen LogP contribution in [0, 0.1) is 5.92 Å². The van der Waals surface area contributed by atoms with E-state index < -0.39 is 36.0 Å². The summed E-state index contributed by atoms with van der Waals surface area (Å²) >= 11 is 0. The Hall–Kier alpha value is -2.51. The molecule has 1 aliphatic carbocycles. The van der Waals surface area contributed by atoms with Crippen LogP contribution in [0.3, 0.4) is 0 Å². The number of hydrogen-bond donors (Lipinski definition) is 2. The van der Waals surface area contributed by atoms with Crippen LogP contribution in [0.25, 0.3) is 6.08 Å². The maximum absolute atomic E-state index is 12.9. The number of amides is 2. The molecule has 1 aromatic carbocycles. The molecule has 3 atom stereocenters. The molecule has 8 heteroatoms. The molecule has 1 aliphatic rings. The van der Waals surface area contributed by atoms with Crippen molar-refractivity contribution in [3.05, 3.63) is 35.9 Å². The molecule has 2 rings (SSSR count). The first kappa shape index (κ1) is 21.8. The molecular weight excluding hydrogens is 373 g/mol. The van der Waals surface area contributed by atoms with Gasteiger partial charge >= 0.3 is 6.18 Å². The van der Waals surface area contributed by atoms with Crippen LogP contribution >= 0.6 is 0 Å². The Labute approximate surface area is 162 Å². The molecule has 0 saturated heterocycles. The smallest absolute Gasteiger partial charge is 0.391 e. The highest BCUT2D eigenvalue weighted by molar-refractivity contribution is 5.95. The Morgan fingerprint density at radius 1 is 1.21 bits per heavy atom. The third kappa shape index (κ3) is 6.58. The van der Waals surface area contributed by atoms with Crippen LogP contribution in [0.5, 0.6) is 5.75 Å². The van der Waals surface area contributed by atoms with E-state index in [1.165, 1.54) is 13.0 Å². The van der Waals surface area contributed by atoms with E-state index in [0.717, 1.165) is 5.56 Å². The number of hydrogen-bond acceptors (Lipinski definition) is 3. The number of nitrogens with one attached hydrogen (secondary N) is 2. The molecule has 0 bridgehead atoms. The molecule has 2 N–H and O–H groups in total. The van der Waals surface area contributed by atoms with Crippen molar-refractivity contribution < 1.29 is 27.5 Å². The van der Waals surface area contributed by atoms with Crippen molar-refractivity contribution in [2.24, 2.45) is 5.92 Å². The van der Waals surface area contributed by atoms with Gasteiger partial charge in [-0.2, -0.15) is 13.2 Å². The molecule has 5 nitrogen and oxygen atoms in total. The number of halogens is 3. The Balaban J connectivity index is 1.82. The standard InChI is InChI=1S/C20H25F3N2O3/c1-13(19(27)25-16-5-3-4-15(12-16)20(21,22)23)24-18(26)11-8-14-6-9-17(28-2)10-7-14/h6-11,13,15-16H,3-5,12H2,1-2H3,(H,24,26)(H,25,27)/b11-8+. The van der Waals surface area contributed by atoms with Crippen molar-refractivity contribution in [3.63, 3.8) is 0 Å². The molecule has 0 aromatic heterocycles. The predicted octanol–water partition coefficient (Wildman–Crippen LogP) is 3.45. The predicted molar refractivity (Wildman–Crippen MR) is 99.6 cm³/mol. The normalized spacial score (nSPS) is 21.2. The SMILES string of the molecule is COc1ccc(/C=C/C(=O)NC(C)C(=O)NC2CCCC(C(F)(F)F)C2)cc1. The highest BCUT2D eigenvalue weighted by atomic mass is 19.4. The molecule has 1 saturated carbocycles. The molecule has 0 spiro atoms. The summed E-state index contributed by atoms with van der Waals surface area (Å²) in [6, 6.07) is 5.69. The van der Waals surface area contributed by atoms with Crippen molar-refractivity contribution in [3.8, 4) is 5.75 Å². The lowest BCUT2D eigenvalue weighted by atomic mass is 9.85. The van der Waals surface area contributed by atoms with Gasteiger partial charge in [-0.15, -0.1) is 0 Å². The van der Waals surface area contributed by atoms with Crippen LogP contribution < -0.4 is 15.4 Å². The number of ether oxygens (including phenoxy) is 1. The second kappa shape index (κ2) is 9.61. The maximum Gasteiger partial charge on any atom is 0.391 e. The van der Waals surface area contributed by atoms with Gasteiger partial charge in [-0.3, -0.25) is 9.59 Å². The lowest BCUT2D eigenvalue weighted by Gasteiger charge is -2.31. The number of methoxy groups -OCH3 is 1. The van der Waals surface area contributed by atoms with E-state index in [2.05, 4.69) is 10.6 Å². The summed E-state index contributed by atoms with van der Waals surface area (Å²) in [5, 5.41) is 5.14. The summed E-state index contributed by atoms with van der Waals surface area (Å²) in [5.41, 5.74) is 0.786. The third-order valence-corrected chi connectivity index (χ3v) is 4.78. The Morgan fingerprint density at radius 3 is 2.50 bits per heavy atom. The van der Waals surface area contributed by atoms with Gasteiger partial charge in [0.2, 0.25) is 11.8 Å². The summed E-state index contributed by atoms with van der Waals surface area (Å²) in [7, 11) is 1.56. The van der Waals surface area contributed by atoms with Gasteiger partial charge in [0.25, 0.3) is 0 Å². The molecule has 0 heterocycles. The van der Waals surface area contributed by atoms with Gasteiger partial charge in [-0.1, -0.05) is 18.6 Å². The fourth-order valence-corrected chi connectivity index (χ4v) is 3.16. The second-order valence-electron chi connectivity index (χ2n) is 6.95. The number of carbonyl (C=O) groups is 2. The minimum atomic E-state index is -4.24. The first-order valence-electron chi connectivity index (χ1n) is 9.18. The molecular formula is C20H25F3N2O3. The Kier molecular flexibility index (Phi) is 7.48. The van der Waals surface area contributed by atoms with Gasteiger partial charge in [-0.25, -0.2) is 0 Å². The fraction of sp³-hybridized carbons (Fsp3) is 0.500. The zero-order valence-corrected chi connectivity index (χ0v) is 15.9. The molecule has 28 heavy (non-hydrogen) atoms. The van der Waals surface area contributed by atoms with E-state index in [9.17, 15) is 22.8 Å². The first-order valence-corrected chi connectivity index (χ1v) is 9.18. The van der Waals surface area contributed by atoms with Crippen molar-refractivity contribution in [1.82, 2.24) is 10.6 Å². The molecule has 154 valence electrons. The average Bonchev–Trinajstić information content (AvgIpc) is 2.66. The van der Waals surface area contributed by atoms with Gasteiger partial charge in [0.1, 0.15) is 11.8 Å². The van der Waals surface area contributed by atoms with Crippen LogP contribution in [0.2, 0.25) is 0 Å². The average molecular weight is 398 g/mol. The van der Waals surface area contributed by atoms with Crippen LogP contribution in [0.4, 0.5) is 13.2 Å². The summed E-state index contributed by atoms with van der Waals surface area (Å²) in [6.07, 6.45) is -0.446. The van der Waals surface area contributed by atoms with Crippen LogP contribution in [0.1, 0.15) is 38.2 Å². The minimum Gasteiger partial charge on any atom is -0.497 e. The topological polar surface area (TPSA) is 67.4 Å². The molecule has 3 unspecified atom stereocenters. The largest absolute Gasteiger partial charge is 0.497 e.